The van der Waals surface area contributed by atoms with Gasteiger partial charge in [0.25, 0.3) is 5.91 Å². The zero-order chi connectivity index (χ0) is 21.2. The number of methoxy groups -OCH3 is 1. The van der Waals surface area contributed by atoms with Crippen molar-refractivity contribution in [3.63, 3.8) is 0 Å². The van der Waals surface area contributed by atoms with E-state index >= 15 is 0 Å². The third-order valence-corrected chi connectivity index (χ3v) is 6.63. The highest BCUT2D eigenvalue weighted by molar-refractivity contribution is 5.92. The highest BCUT2D eigenvalue weighted by atomic mass is 16.5. The van der Waals surface area contributed by atoms with E-state index in [-0.39, 0.29) is 5.91 Å². The van der Waals surface area contributed by atoms with Crippen LogP contribution in [0.1, 0.15) is 17.2 Å². The highest BCUT2D eigenvalue weighted by Crippen LogP contribution is 2.41. The molecule has 31 heavy (non-hydrogen) atoms. The first kappa shape index (κ1) is 19.8. The molecule has 5 rings (SSSR count). The molecule has 2 aliphatic rings. The molecule has 5 nitrogen and oxygen atoms in total. The number of quaternary nitrogens is 2. The van der Waals surface area contributed by atoms with E-state index in [0.717, 1.165) is 31.9 Å². The van der Waals surface area contributed by atoms with Crippen LogP contribution in [0.3, 0.4) is 0 Å². The van der Waals surface area contributed by atoms with Gasteiger partial charge in [-0.15, -0.1) is 0 Å². The summed E-state index contributed by atoms with van der Waals surface area (Å²) < 4.78 is 5.34. The molecule has 0 aromatic heterocycles. The van der Waals surface area contributed by atoms with Crippen LogP contribution in [0.2, 0.25) is 0 Å². The maximum absolute atomic E-state index is 12.6. The van der Waals surface area contributed by atoms with Crippen molar-refractivity contribution >= 4 is 11.6 Å². The van der Waals surface area contributed by atoms with Crippen LogP contribution in [0.15, 0.2) is 72.8 Å². The van der Waals surface area contributed by atoms with Gasteiger partial charge >= 0.3 is 0 Å². The Balaban J connectivity index is 1.24. The lowest BCUT2D eigenvalue weighted by Gasteiger charge is -2.33. The maximum Gasteiger partial charge on any atom is 0.279 e. The monoisotopic (exact) mass is 415 g/mol. The number of carbonyl (C=O) groups is 1. The summed E-state index contributed by atoms with van der Waals surface area (Å²) in [5.41, 5.74) is 6.37. The summed E-state index contributed by atoms with van der Waals surface area (Å²) in [5, 5.41) is 3.01. The van der Waals surface area contributed by atoms with Gasteiger partial charge in [-0.05, 0) is 23.3 Å². The largest absolute Gasteiger partial charge is 0.495 e. The minimum atomic E-state index is 0.0412. The number of amides is 1. The molecule has 0 bridgehead atoms. The normalized spacial score (nSPS) is 20.0. The van der Waals surface area contributed by atoms with Gasteiger partial charge in [-0.25, -0.2) is 0 Å². The van der Waals surface area contributed by atoms with E-state index in [1.54, 1.807) is 12.0 Å². The second kappa shape index (κ2) is 8.53. The smallest absolute Gasteiger partial charge is 0.279 e. The molecule has 5 heteroatoms. The van der Waals surface area contributed by atoms with E-state index in [4.69, 9.17) is 4.74 Å². The van der Waals surface area contributed by atoms with Crippen LogP contribution in [0.4, 0.5) is 5.69 Å². The first-order chi connectivity index (χ1) is 15.2. The van der Waals surface area contributed by atoms with Gasteiger partial charge in [0.2, 0.25) is 0 Å². The van der Waals surface area contributed by atoms with Crippen molar-refractivity contribution in [1.29, 1.82) is 0 Å². The van der Waals surface area contributed by atoms with Crippen molar-refractivity contribution in [3.8, 4) is 16.9 Å². The molecule has 3 N–H and O–H groups in total. The summed E-state index contributed by atoms with van der Waals surface area (Å²) in [5.74, 6) is 0.734. The predicted octanol–water partition coefficient (Wildman–Crippen LogP) is 1.19. The Labute approximate surface area is 183 Å². The summed E-state index contributed by atoms with van der Waals surface area (Å²) in [6, 6.07) is 25.6. The minimum absolute atomic E-state index is 0.0412. The second-order valence-electron chi connectivity index (χ2n) is 8.44. The van der Waals surface area contributed by atoms with Gasteiger partial charge in [0, 0.05) is 11.1 Å². The Bertz CT molecular complexity index is 1040. The standard InChI is InChI=1S/C26H27N3O2/c1-31-24-13-7-6-12-23(24)27-25(30)18-28-14-16-29(17-15-28)26-21-10-4-2-8-19(21)20-9-3-5-11-22(20)26/h2-13,26H,14-18H2,1H3,(H,27,30)/p+2. The third kappa shape index (κ3) is 3.82. The van der Waals surface area contributed by atoms with E-state index in [1.807, 2.05) is 24.3 Å². The molecule has 1 aliphatic carbocycles. The fourth-order valence-electron chi connectivity index (χ4n) is 5.15. The van der Waals surface area contributed by atoms with Crippen LogP contribution in [-0.4, -0.2) is 45.7 Å². The number of benzene rings is 3. The van der Waals surface area contributed by atoms with Crippen LogP contribution in [0.25, 0.3) is 11.1 Å². The predicted molar refractivity (Wildman–Crippen MR) is 122 cm³/mol. The number of piperazine rings is 1. The van der Waals surface area contributed by atoms with Crippen LogP contribution < -0.4 is 19.9 Å². The minimum Gasteiger partial charge on any atom is -0.495 e. The first-order valence-electron chi connectivity index (χ1n) is 11.0. The lowest BCUT2D eigenvalue weighted by Crippen LogP contribution is -3.28. The van der Waals surface area contributed by atoms with Crippen molar-refractivity contribution in [2.75, 3.05) is 45.2 Å². The molecule has 0 atom stereocenters. The Morgan fingerprint density at radius 2 is 1.45 bits per heavy atom. The molecule has 1 fully saturated rings. The van der Waals surface area contributed by atoms with Crippen molar-refractivity contribution in [2.24, 2.45) is 0 Å². The van der Waals surface area contributed by atoms with Gasteiger partial charge in [-0.3, -0.25) is 4.79 Å². The Kier molecular flexibility index (Phi) is 5.45. The van der Waals surface area contributed by atoms with E-state index < -0.39 is 0 Å². The molecule has 0 unspecified atom stereocenters. The van der Waals surface area contributed by atoms with Gasteiger partial charge < -0.3 is 19.9 Å². The van der Waals surface area contributed by atoms with Crippen LogP contribution in [0.5, 0.6) is 5.75 Å². The van der Waals surface area contributed by atoms with Gasteiger partial charge in [0.15, 0.2) is 6.54 Å². The number of hydrogen-bond acceptors (Lipinski definition) is 2. The number of fused-ring (bicyclic) bond motifs is 3. The first-order valence-corrected chi connectivity index (χ1v) is 11.0. The van der Waals surface area contributed by atoms with E-state index in [1.165, 1.54) is 27.2 Å². The quantitative estimate of drug-likeness (QED) is 0.586. The van der Waals surface area contributed by atoms with Crippen LogP contribution in [-0.2, 0) is 4.79 Å². The SMILES string of the molecule is COc1ccccc1NC(=O)C[NH+]1CC[NH+](C2c3ccccc3-c3ccccc32)CC1. The van der Waals surface area contributed by atoms with E-state index in [0.29, 0.717) is 18.3 Å². The average Bonchev–Trinajstić information content (AvgIpc) is 3.14. The topological polar surface area (TPSA) is 47.2 Å². The van der Waals surface area contributed by atoms with E-state index in [9.17, 15) is 4.79 Å². The molecule has 3 aromatic rings. The molecule has 1 amide bonds. The summed E-state index contributed by atoms with van der Waals surface area (Å²) in [7, 11) is 1.62. The highest BCUT2D eigenvalue weighted by Gasteiger charge is 2.38. The number of para-hydroxylation sites is 2. The summed E-state index contributed by atoms with van der Waals surface area (Å²) in [4.78, 5) is 15.6. The van der Waals surface area contributed by atoms with Crippen LogP contribution in [0, 0.1) is 0 Å². The number of rotatable bonds is 5. The molecular weight excluding hydrogens is 386 g/mol. The van der Waals surface area contributed by atoms with Gasteiger partial charge in [0.1, 0.15) is 38.0 Å². The van der Waals surface area contributed by atoms with Gasteiger partial charge in [-0.2, -0.15) is 0 Å². The third-order valence-electron chi connectivity index (χ3n) is 6.63. The van der Waals surface area contributed by atoms with Crippen molar-refractivity contribution in [2.45, 2.75) is 6.04 Å². The zero-order valence-corrected chi connectivity index (χ0v) is 17.9. The molecular formula is C26H29N3O2+2. The van der Waals surface area contributed by atoms with Crippen LogP contribution >= 0.6 is 0 Å². The molecule has 1 heterocycles. The lowest BCUT2D eigenvalue weighted by molar-refractivity contribution is -1.02. The van der Waals surface area contributed by atoms with Crippen molar-refractivity contribution in [1.82, 2.24) is 0 Å². The molecule has 0 saturated carbocycles. The van der Waals surface area contributed by atoms with Gasteiger partial charge in [-0.1, -0.05) is 60.7 Å². The molecule has 3 aromatic carbocycles. The number of hydrogen-bond donors (Lipinski definition) is 3. The fourth-order valence-corrected chi connectivity index (χ4v) is 5.15. The maximum atomic E-state index is 12.6. The van der Waals surface area contributed by atoms with Crippen molar-refractivity contribution in [3.05, 3.63) is 83.9 Å². The molecule has 0 radical (unpaired) electrons. The van der Waals surface area contributed by atoms with Gasteiger partial charge in [0.05, 0.1) is 12.8 Å². The molecule has 1 saturated heterocycles. The Morgan fingerprint density at radius 3 is 2.10 bits per heavy atom. The van der Waals surface area contributed by atoms with Crippen molar-refractivity contribution < 1.29 is 19.3 Å². The second-order valence-corrected chi connectivity index (χ2v) is 8.44. The fraction of sp³-hybridized carbons (Fsp3) is 0.269. The molecule has 0 spiro atoms. The summed E-state index contributed by atoms with van der Waals surface area (Å²) in [6.07, 6.45) is 0. The number of nitrogens with one attached hydrogen (secondary N) is 3. The molecule has 1 aliphatic heterocycles. The van der Waals surface area contributed by atoms with E-state index in [2.05, 4.69) is 53.8 Å². The summed E-state index contributed by atoms with van der Waals surface area (Å²) in [6.45, 7) is 4.60. The number of ether oxygens (including phenoxy) is 1. The zero-order valence-electron chi connectivity index (χ0n) is 17.9. The summed E-state index contributed by atoms with van der Waals surface area (Å²) >= 11 is 0. The molecule has 158 valence electrons. The lowest BCUT2D eigenvalue weighted by atomic mass is 10.0. The number of carbonyl (C=O) groups excluding carboxylic acids is 1. The average molecular weight is 416 g/mol. The number of anilines is 1. The Morgan fingerprint density at radius 1 is 0.871 bits per heavy atom. The Hall–Kier alpha value is -3.15.